The first-order valence-corrected chi connectivity index (χ1v) is 7.27. The zero-order valence-electron chi connectivity index (χ0n) is 11.9. The molecule has 1 saturated carbocycles. The minimum atomic E-state index is -0.281. The summed E-state index contributed by atoms with van der Waals surface area (Å²) in [5.41, 5.74) is 1.02. The number of ether oxygens (including phenoxy) is 1. The lowest BCUT2D eigenvalue weighted by atomic mass is 9.87. The molecule has 106 valence electrons. The fraction of sp³-hybridized carbons (Fsp3) is 0.625. The van der Waals surface area contributed by atoms with Crippen LogP contribution in [0, 0.1) is 18.7 Å². The molecule has 0 spiro atoms. The normalized spacial score (nSPS) is 23.3. The van der Waals surface area contributed by atoms with Crippen LogP contribution >= 0.6 is 0 Å². The third kappa shape index (κ3) is 4.50. The second-order valence-electron chi connectivity index (χ2n) is 5.71. The SMILES string of the molecule is Cc1ccc(F)c(OCCNC2CCCC(C)C2)c1. The van der Waals surface area contributed by atoms with Crippen LogP contribution in [-0.2, 0) is 0 Å². The van der Waals surface area contributed by atoms with E-state index in [-0.39, 0.29) is 5.82 Å². The van der Waals surface area contributed by atoms with Crippen molar-refractivity contribution in [1.29, 1.82) is 0 Å². The topological polar surface area (TPSA) is 21.3 Å². The molecule has 2 rings (SSSR count). The summed E-state index contributed by atoms with van der Waals surface area (Å²) in [7, 11) is 0. The Balaban J connectivity index is 1.70. The number of hydrogen-bond acceptors (Lipinski definition) is 2. The molecule has 0 bridgehead atoms. The van der Waals surface area contributed by atoms with Gasteiger partial charge in [0.05, 0.1) is 0 Å². The van der Waals surface area contributed by atoms with E-state index in [4.69, 9.17) is 4.74 Å². The van der Waals surface area contributed by atoms with Gasteiger partial charge in [0.1, 0.15) is 6.61 Å². The van der Waals surface area contributed by atoms with Crippen molar-refractivity contribution in [2.24, 2.45) is 5.92 Å². The van der Waals surface area contributed by atoms with Crippen LogP contribution in [0.3, 0.4) is 0 Å². The standard InChI is InChI=1S/C16H24FNO/c1-12-4-3-5-14(10-12)18-8-9-19-16-11-13(2)6-7-15(16)17/h6-7,11-12,14,18H,3-5,8-10H2,1-2H3. The van der Waals surface area contributed by atoms with Gasteiger partial charge in [-0.3, -0.25) is 0 Å². The van der Waals surface area contributed by atoms with E-state index in [0.717, 1.165) is 18.0 Å². The van der Waals surface area contributed by atoms with E-state index in [0.29, 0.717) is 18.4 Å². The Hall–Kier alpha value is -1.09. The van der Waals surface area contributed by atoms with Gasteiger partial charge < -0.3 is 10.1 Å². The average molecular weight is 265 g/mol. The van der Waals surface area contributed by atoms with Crippen LogP contribution < -0.4 is 10.1 Å². The molecule has 0 heterocycles. The first kappa shape index (κ1) is 14.3. The Bertz CT molecular complexity index is 408. The van der Waals surface area contributed by atoms with E-state index in [1.54, 1.807) is 12.1 Å². The van der Waals surface area contributed by atoms with Crippen molar-refractivity contribution < 1.29 is 9.13 Å². The summed E-state index contributed by atoms with van der Waals surface area (Å²) in [6.07, 6.45) is 5.16. The molecule has 1 fully saturated rings. The molecule has 2 nitrogen and oxygen atoms in total. The first-order chi connectivity index (χ1) is 9.15. The van der Waals surface area contributed by atoms with Gasteiger partial charge in [-0.2, -0.15) is 0 Å². The van der Waals surface area contributed by atoms with Gasteiger partial charge in [0.2, 0.25) is 0 Å². The van der Waals surface area contributed by atoms with Crippen LogP contribution in [0.15, 0.2) is 18.2 Å². The summed E-state index contributed by atoms with van der Waals surface area (Å²) < 4.78 is 19.0. The van der Waals surface area contributed by atoms with Crippen LogP contribution in [-0.4, -0.2) is 19.2 Å². The molecule has 1 aromatic carbocycles. The van der Waals surface area contributed by atoms with Crippen LogP contribution in [0.4, 0.5) is 4.39 Å². The third-order valence-electron chi connectivity index (χ3n) is 3.82. The number of halogens is 1. The van der Waals surface area contributed by atoms with Crippen molar-refractivity contribution >= 4 is 0 Å². The molecule has 0 aromatic heterocycles. The summed E-state index contributed by atoms with van der Waals surface area (Å²) in [6.45, 7) is 5.55. The summed E-state index contributed by atoms with van der Waals surface area (Å²) in [4.78, 5) is 0. The molecule has 2 atom stereocenters. The molecule has 3 heteroatoms. The van der Waals surface area contributed by atoms with E-state index in [1.165, 1.54) is 31.7 Å². The fourth-order valence-corrected chi connectivity index (χ4v) is 2.76. The van der Waals surface area contributed by atoms with Gasteiger partial charge in [0.25, 0.3) is 0 Å². The van der Waals surface area contributed by atoms with E-state index in [2.05, 4.69) is 12.2 Å². The number of benzene rings is 1. The Labute approximate surface area is 115 Å². The highest BCUT2D eigenvalue weighted by atomic mass is 19.1. The van der Waals surface area contributed by atoms with Crippen molar-refractivity contribution in [3.05, 3.63) is 29.6 Å². The predicted octanol–water partition coefficient (Wildman–Crippen LogP) is 3.68. The molecule has 2 unspecified atom stereocenters. The zero-order chi connectivity index (χ0) is 13.7. The molecular formula is C16H24FNO. The number of hydrogen-bond donors (Lipinski definition) is 1. The van der Waals surface area contributed by atoms with Gasteiger partial charge in [0.15, 0.2) is 11.6 Å². The average Bonchev–Trinajstić information content (AvgIpc) is 2.39. The van der Waals surface area contributed by atoms with Crippen molar-refractivity contribution in [2.75, 3.05) is 13.2 Å². The Kier molecular flexibility index (Phi) is 5.20. The summed E-state index contributed by atoms with van der Waals surface area (Å²) in [5, 5.41) is 3.51. The summed E-state index contributed by atoms with van der Waals surface area (Å²) in [5.74, 6) is 0.900. The Morgan fingerprint density at radius 3 is 3.00 bits per heavy atom. The third-order valence-corrected chi connectivity index (χ3v) is 3.82. The lowest BCUT2D eigenvalue weighted by Crippen LogP contribution is -2.36. The lowest BCUT2D eigenvalue weighted by Gasteiger charge is -2.27. The molecule has 1 N–H and O–H groups in total. The minimum absolute atomic E-state index is 0.281. The van der Waals surface area contributed by atoms with Crippen LogP contribution in [0.5, 0.6) is 5.75 Å². The molecule has 1 aliphatic rings. The summed E-state index contributed by atoms with van der Waals surface area (Å²) in [6, 6.07) is 5.57. The predicted molar refractivity (Wildman–Crippen MR) is 76.1 cm³/mol. The first-order valence-electron chi connectivity index (χ1n) is 7.27. The molecule has 0 amide bonds. The van der Waals surface area contributed by atoms with Gasteiger partial charge in [-0.05, 0) is 43.4 Å². The van der Waals surface area contributed by atoms with Gasteiger partial charge in [-0.25, -0.2) is 4.39 Å². The van der Waals surface area contributed by atoms with Crippen molar-refractivity contribution in [3.8, 4) is 5.75 Å². The second-order valence-corrected chi connectivity index (χ2v) is 5.71. The maximum Gasteiger partial charge on any atom is 0.165 e. The Morgan fingerprint density at radius 2 is 2.21 bits per heavy atom. The highest BCUT2D eigenvalue weighted by Crippen LogP contribution is 2.23. The van der Waals surface area contributed by atoms with E-state index in [9.17, 15) is 4.39 Å². The molecule has 0 saturated heterocycles. The molecule has 1 aromatic rings. The molecule has 19 heavy (non-hydrogen) atoms. The number of rotatable bonds is 5. The fourth-order valence-electron chi connectivity index (χ4n) is 2.76. The van der Waals surface area contributed by atoms with E-state index < -0.39 is 0 Å². The Morgan fingerprint density at radius 1 is 1.37 bits per heavy atom. The van der Waals surface area contributed by atoms with Crippen molar-refractivity contribution in [1.82, 2.24) is 5.32 Å². The monoisotopic (exact) mass is 265 g/mol. The maximum atomic E-state index is 13.5. The van der Waals surface area contributed by atoms with Gasteiger partial charge in [0, 0.05) is 12.6 Å². The smallest absolute Gasteiger partial charge is 0.165 e. The second kappa shape index (κ2) is 6.90. The quantitative estimate of drug-likeness (QED) is 0.820. The molecule has 1 aliphatic carbocycles. The number of nitrogens with one attached hydrogen (secondary N) is 1. The molecule has 0 radical (unpaired) electrons. The largest absolute Gasteiger partial charge is 0.489 e. The van der Waals surface area contributed by atoms with Gasteiger partial charge in [-0.15, -0.1) is 0 Å². The maximum absolute atomic E-state index is 13.5. The minimum Gasteiger partial charge on any atom is -0.489 e. The van der Waals surface area contributed by atoms with Crippen molar-refractivity contribution in [2.45, 2.75) is 45.6 Å². The molecular weight excluding hydrogens is 241 g/mol. The van der Waals surface area contributed by atoms with E-state index in [1.807, 2.05) is 6.92 Å². The highest BCUT2D eigenvalue weighted by molar-refractivity contribution is 5.29. The van der Waals surface area contributed by atoms with Crippen LogP contribution in [0.25, 0.3) is 0 Å². The van der Waals surface area contributed by atoms with Gasteiger partial charge in [-0.1, -0.05) is 25.8 Å². The zero-order valence-corrected chi connectivity index (χ0v) is 11.9. The molecule has 0 aliphatic heterocycles. The lowest BCUT2D eigenvalue weighted by molar-refractivity contribution is 0.260. The van der Waals surface area contributed by atoms with Crippen LogP contribution in [0.2, 0.25) is 0 Å². The highest BCUT2D eigenvalue weighted by Gasteiger charge is 2.17. The number of aryl methyl sites for hydroxylation is 1. The van der Waals surface area contributed by atoms with Gasteiger partial charge >= 0.3 is 0 Å². The summed E-state index contributed by atoms with van der Waals surface area (Å²) >= 11 is 0. The van der Waals surface area contributed by atoms with Crippen LogP contribution in [0.1, 0.15) is 38.2 Å². The van der Waals surface area contributed by atoms with E-state index >= 15 is 0 Å². The van der Waals surface area contributed by atoms with Crippen molar-refractivity contribution in [3.63, 3.8) is 0 Å².